The van der Waals surface area contributed by atoms with E-state index in [4.69, 9.17) is 14.2 Å². The normalized spacial score (nSPS) is 31.5. The number of anilines is 1. The van der Waals surface area contributed by atoms with Crippen LogP contribution in [0.15, 0.2) is 41.2 Å². The third-order valence-electron chi connectivity index (χ3n) is 12.0. The number of hydrazone groups is 1. The Morgan fingerprint density at radius 3 is 2.25 bits per heavy atom. The number of rotatable bonds is 4. The van der Waals surface area contributed by atoms with Crippen molar-refractivity contribution in [2.24, 2.45) is 34.7 Å². The molecular formula is C43H58N4O12. The van der Waals surface area contributed by atoms with Crippen LogP contribution in [-0.4, -0.2) is 128 Å². The number of nitrogens with one attached hydrogen (secondary N) is 1. The minimum absolute atomic E-state index is 0.0406. The fourth-order valence-electron chi connectivity index (χ4n) is 7.94. The van der Waals surface area contributed by atoms with Gasteiger partial charge < -0.3 is 55.1 Å². The van der Waals surface area contributed by atoms with Crippen molar-refractivity contribution in [1.29, 1.82) is 0 Å². The highest BCUT2D eigenvalue weighted by Gasteiger charge is 2.50. The van der Waals surface area contributed by atoms with Crippen molar-refractivity contribution in [3.05, 3.63) is 52.8 Å². The molecule has 1 saturated heterocycles. The maximum absolute atomic E-state index is 14.4. The Hall–Kier alpha value is -5.16. The molecule has 9 atom stereocenters. The van der Waals surface area contributed by atoms with Crippen LogP contribution in [0, 0.1) is 36.5 Å². The molecule has 322 valence electrons. The average molecular weight is 823 g/mol. The molecule has 2 aromatic carbocycles. The summed E-state index contributed by atoms with van der Waals surface area (Å²) in [5.74, 6) is -9.31. The first-order valence-electron chi connectivity index (χ1n) is 19.9. The lowest BCUT2D eigenvalue weighted by Gasteiger charge is -2.38. The molecule has 0 radical (unpaired) electrons. The van der Waals surface area contributed by atoms with Gasteiger partial charge in [0, 0.05) is 92.7 Å². The monoisotopic (exact) mass is 822 g/mol. The average Bonchev–Trinajstić information content (AvgIpc) is 3.46. The van der Waals surface area contributed by atoms with Crippen LogP contribution < -0.4 is 10.1 Å². The molecule has 0 aromatic heterocycles. The van der Waals surface area contributed by atoms with Gasteiger partial charge in [0.25, 0.3) is 11.7 Å². The summed E-state index contributed by atoms with van der Waals surface area (Å²) in [7, 11) is 1.98. The number of aliphatic hydroxyl groups is 3. The molecular weight excluding hydrogens is 764 g/mol. The highest BCUT2D eigenvalue weighted by molar-refractivity contribution is 6.23. The number of phenols is 3. The highest BCUT2D eigenvalue weighted by Crippen LogP contribution is 2.55. The van der Waals surface area contributed by atoms with Crippen LogP contribution in [0.25, 0.3) is 10.8 Å². The van der Waals surface area contributed by atoms with E-state index < -0.39 is 95.2 Å². The SMILES string of the molecule is CC(=O)O[C@H]1[C@H](C)[C@H](O)[C@H](C)[C@@H](O)[C@@H](C)/C=C/C=C(/C)C(=O)Nc2c(/C=N/N3CCN(C)CC3)c(O)c3c4c(c(C)c(O)c3c2O)O[C@](C)(OC=C[C@H](CO)[C@H]1C)C4=O. The predicted molar refractivity (Wildman–Crippen MR) is 220 cm³/mol. The van der Waals surface area contributed by atoms with E-state index in [1.165, 1.54) is 46.1 Å². The van der Waals surface area contributed by atoms with Gasteiger partial charge in [0.2, 0.25) is 0 Å². The number of likely N-dealkylation sites (N-methyl/N-ethyl adjacent to an activating group) is 1. The fourth-order valence-corrected chi connectivity index (χ4v) is 7.94. The number of fused-ring (bicyclic) bond motifs is 14. The number of aromatic hydroxyl groups is 3. The van der Waals surface area contributed by atoms with E-state index in [-0.39, 0.29) is 44.5 Å². The number of carbonyl (C=O) groups excluding carboxylic acids is 3. The van der Waals surface area contributed by atoms with Crippen molar-refractivity contribution in [3.8, 4) is 23.0 Å². The number of benzene rings is 2. The van der Waals surface area contributed by atoms with Crippen LogP contribution in [-0.2, 0) is 19.1 Å². The first kappa shape index (κ1) is 44.9. The summed E-state index contributed by atoms with van der Waals surface area (Å²) in [5.41, 5.74) is -0.413. The molecule has 0 unspecified atom stereocenters. The van der Waals surface area contributed by atoms with Crippen LogP contribution in [0.5, 0.6) is 23.0 Å². The van der Waals surface area contributed by atoms with Gasteiger partial charge >= 0.3 is 11.8 Å². The van der Waals surface area contributed by atoms with Crippen molar-refractivity contribution < 1.29 is 59.2 Å². The van der Waals surface area contributed by atoms with Gasteiger partial charge in [-0.1, -0.05) is 45.9 Å². The van der Waals surface area contributed by atoms with E-state index in [1.54, 1.807) is 44.9 Å². The summed E-state index contributed by atoms with van der Waals surface area (Å²) in [5, 5.41) is 77.2. The summed E-state index contributed by atoms with van der Waals surface area (Å²) in [6, 6.07) is 0. The third kappa shape index (κ3) is 8.91. The lowest BCUT2D eigenvalue weighted by molar-refractivity contribution is -0.159. The maximum atomic E-state index is 14.4. The topological polar surface area (TPSA) is 231 Å². The Balaban J connectivity index is 1.70. The molecule has 4 heterocycles. The van der Waals surface area contributed by atoms with Gasteiger partial charge in [0.15, 0.2) is 5.75 Å². The second kappa shape index (κ2) is 18.0. The number of amides is 1. The van der Waals surface area contributed by atoms with Gasteiger partial charge in [0.05, 0.1) is 46.9 Å². The minimum atomic E-state index is -2.07. The standard InChI is InChI=1S/C43H58N4O12/c1-21-11-10-12-22(2)42(56)45-33-29(19-44-47-16-14-46(9)15-17-47)37(53)30-31(38(33)54)36(52)26(6)40-32(30)41(55)43(8,59-40)57-18-13-28(20-48)23(3)39(58-27(7)49)25(5)35(51)24(4)34(21)50/h10-13,18-19,21,23-25,28,34-35,39,48,50-54H,14-17,20H2,1-9H3,(H,45,56)/b11-10+,18-13?,22-12-,44-19+/t21-,23+,24+,25+,28+,34-,35+,39+,43-/m0/s1. The molecule has 59 heavy (non-hydrogen) atoms. The van der Waals surface area contributed by atoms with E-state index in [1.807, 2.05) is 7.05 Å². The molecule has 5 bridgehead atoms. The number of nitrogens with zero attached hydrogens (tertiary/aromatic N) is 3. The Morgan fingerprint density at radius 2 is 1.63 bits per heavy atom. The van der Waals surface area contributed by atoms with Crippen molar-refractivity contribution in [3.63, 3.8) is 0 Å². The first-order chi connectivity index (χ1) is 27.7. The van der Waals surface area contributed by atoms with Gasteiger partial charge in [0.1, 0.15) is 23.4 Å². The molecule has 7 N–H and O–H groups in total. The van der Waals surface area contributed by atoms with Crippen molar-refractivity contribution in [2.45, 2.75) is 79.5 Å². The minimum Gasteiger partial charge on any atom is -0.507 e. The van der Waals surface area contributed by atoms with Crippen LogP contribution in [0.4, 0.5) is 5.69 Å². The molecule has 2 aromatic rings. The van der Waals surface area contributed by atoms with Crippen LogP contribution >= 0.6 is 0 Å². The highest BCUT2D eigenvalue weighted by atomic mass is 16.7. The predicted octanol–water partition coefficient (Wildman–Crippen LogP) is 3.93. The molecule has 4 aliphatic rings. The van der Waals surface area contributed by atoms with E-state index in [9.17, 15) is 45.0 Å². The van der Waals surface area contributed by atoms with Crippen LogP contribution in [0.3, 0.4) is 0 Å². The molecule has 6 rings (SSSR count). The van der Waals surface area contributed by atoms with E-state index in [0.29, 0.717) is 26.2 Å². The van der Waals surface area contributed by atoms with E-state index in [2.05, 4.69) is 15.3 Å². The van der Waals surface area contributed by atoms with Crippen LogP contribution in [0.1, 0.15) is 70.0 Å². The zero-order valence-electron chi connectivity index (χ0n) is 35.1. The van der Waals surface area contributed by atoms with Crippen molar-refractivity contribution in [2.75, 3.05) is 45.2 Å². The quantitative estimate of drug-likeness (QED) is 0.100. The maximum Gasteiger partial charge on any atom is 0.312 e. The molecule has 1 amide bonds. The number of Topliss-reactive ketones (excluding diaryl/α,β-unsaturated/α-hetero) is 1. The second-order valence-corrected chi connectivity index (χ2v) is 16.3. The number of hydrogen-bond donors (Lipinski definition) is 7. The zero-order valence-corrected chi connectivity index (χ0v) is 35.1. The lowest BCUT2D eigenvalue weighted by Crippen LogP contribution is -2.45. The smallest absolute Gasteiger partial charge is 0.312 e. The number of ketones is 1. The summed E-state index contributed by atoms with van der Waals surface area (Å²) < 4.78 is 17.8. The van der Waals surface area contributed by atoms with Gasteiger partial charge in [-0.2, -0.15) is 5.10 Å². The summed E-state index contributed by atoms with van der Waals surface area (Å²) in [6.07, 6.45) is 5.46. The number of esters is 1. The number of ether oxygens (including phenoxy) is 3. The Morgan fingerprint density at radius 1 is 0.966 bits per heavy atom. The number of allylic oxidation sites excluding steroid dienone is 2. The summed E-state index contributed by atoms with van der Waals surface area (Å²) in [6.45, 7) is 14.5. The van der Waals surface area contributed by atoms with E-state index in [0.717, 1.165) is 6.26 Å². The zero-order chi connectivity index (χ0) is 43.7. The Labute approximate surface area is 344 Å². The molecule has 1 fully saturated rings. The molecule has 0 saturated carbocycles. The van der Waals surface area contributed by atoms with E-state index >= 15 is 0 Å². The molecule has 4 aliphatic heterocycles. The summed E-state index contributed by atoms with van der Waals surface area (Å²) in [4.78, 5) is 42.6. The first-order valence-corrected chi connectivity index (χ1v) is 19.9. The second-order valence-electron chi connectivity index (χ2n) is 16.3. The van der Waals surface area contributed by atoms with Crippen molar-refractivity contribution >= 4 is 40.3 Å². The summed E-state index contributed by atoms with van der Waals surface area (Å²) >= 11 is 0. The van der Waals surface area contributed by atoms with Gasteiger partial charge in [-0.05, 0) is 27.0 Å². The largest absolute Gasteiger partial charge is 0.507 e. The van der Waals surface area contributed by atoms with Crippen molar-refractivity contribution in [1.82, 2.24) is 9.91 Å². The molecule has 0 aliphatic carbocycles. The number of carbonyl (C=O) groups is 3. The van der Waals surface area contributed by atoms with Gasteiger partial charge in [-0.15, -0.1) is 0 Å². The molecule has 16 nitrogen and oxygen atoms in total. The number of hydrogen-bond acceptors (Lipinski definition) is 15. The fraction of sp³-hybridized carbons (Fsp3) is 0.535. The number of piperazine rings is 1. The number of aliphatic hydroxyl groups excluding tert-OH is 3. The van der Waals surface area contributed by atoms with Gasteiger partial charge in [-0.3, -0.25) is 19.4 Å². The molecule has 16 heteroatoms. The Bertz CT molecular complexity index is 2070. The molecule has 0 spiro atoms. The Kier molecular flexibility index (Phi) is 13.7. The lowest BCUT2D eigenvalue weighted by atomic mass is 9.76. The van der Waals surface area contributed by atoms with Crippen LogP contribution in [0.2, 0.25) is 0 Å². The number of phenolic OH excluding ortho intramolecular Hbond substituents is 3. The van der Waals surface area contributed by atoms with Gasteiger partial charge in [-0.25, -0.2) is 0 Å². The third-order valence-corrected chi connectivity index (χ3v) is 12.0.